The molecule has 1 fully saturated rings. The van der Waals surface area contributed by atoms with Crippen molar-refractivity contribution in [3.63, 3.8) is 0 Å². The fourth-order valence-electron chi connectivity index (χ4n) is 2.46. The minimum Gasteiger partial charge on any atom is -0.479 e. The maximum Gasteiger partial charge on any atom is 0.333 e. The molecule has 0 heterocycles. The number of amides is 2. The Morgan fingerprint density at radius 3 is 2.48 bits per heavy atom. The van der Waals surface area contributed by atoms with Crippen molar-refractivity contribution >= 4 is 12.0 Å². The number of nitrogens with one attached hydrogen (secondary N) is 2. The molecule has 1 saturated carbocycles. The Morgan fingerprint density at radius 2 is 1.95 bits per heavy atom. The van der Waals surface area contributed by atoms with E-state index in [0.717, 1.165) is 6.42 Å². The van der Waals surface area contributed by atoms with Crippen LogP contribution in [0.3, 0.4) is 0 Å². The van der Waals surface area contributed by atoms with Crippen molar-refractivity contribution in [2.45, 2.75) is 38.1 Å². The van der Waals surface area contributed by atoms with Gasteiger partial charge in [-0.25, -0.2) is 9.59 Å². The fourth-order valence-corrected chi connectivity index (χ4v) is 2.46. The molecule has 0 saturated heterocycles. The lowest BCUT2D eigenvalue weighted by Crippen LogP contribution is -2.53. The standard InChI is InChI=1S/C16H22N2O3/c1-16(14(19)20,13-8-3-2-4-9-13)18-15(21)17-11-10-12-6-5-7-12/h2-4,8-9,12H,5-7,10-11H2,1H3,(H,19,20)(H2,17,18,21). The molecule has 0 spiro atoms. The second-order valence-corrected chi connectivity index (χ2v) is 5.76. The van der Waals surface area contributed by atoms with E-state index in [0.29, 0.717) is 18.0 Å². The van der Waals surface area contributed by atoms with Crippen molar-refractivity contribution in [1.29, 1.82) is 0 Å². The molecular weight excluding hydrogens is 268 g/mol. The molecule has 0 radical (unpaired) electrons. The number of carboxylic acid groups (broad SMARTS) is 1. The van der Waals surface area contributed by atoms with Crippen LogP contribution >= 0.6 is 0 Å². The molecule has 0 bridgehead atoms. The first-order valence-electron chi connectivity index (χ1n) is 7.37. The summed E-state index contributed by atoms with van der Waals surface area (Å²) < 4.78 is 0. The van der Waals surface area contributed by atoms with Crippen LogP contribution in [0.2, 0.25) is 0 Å². The predicted molar refractivity (Wildman–Crippen MR) is 79.9 cm³/mol. The van der Waals surface area contributed by atoms with E-state index in [2.05, 4.69) is 10.6 Å². The lowest BCUT2D eigenvalue weighted by Gasteiger charge is -2.28. The highest BCUT2D eigenvalue weighted by Gasteiger charge is 2.36. The van der Waals surface area contributed by atoms with Gasteiger partial charge in [-0.1, -0.05) is 49.6 Å². The molecule has 5 heteroatoms. The van der Waals surface area contributed by atoms with Gasteiger partial charge in [-0.05, 0) is 24.8 Å². The monoisotopic (exact) mass is 290 g/mol. The largest absolute Gasteiger partial charge is 0.479 e. The van der Waals surface area contributed by atoms with Crippen LogP contribution in [0.4, 0.5) is 4.79 Å². The highest BCUT2D eigenvalue weighted by atomic mass is 16.4. The van der Waals surface area contributed by atoms with Gasteiger partial charge in [0.15, 0.2) is 5.54 Å². The minimum absolute atomic E-state index is 0.442. The Morgan fingerprint density at radius 1 is 1.29 bits per heavy atom. The van der Waals surface area contributed by atoms with Crippen molar-refractivity contribution in [2.75, 3.05) is 6.54 Å². The first kappa shape index (κ1) is 15.4. The molecule has 5 nitrogen and oxygen atoms in total. The number of carboxylic acids is 1. The summed E-state index contributed by atoms with van der Waals surface area (Å²) in [5, 5.41) is 14.8. The first-order valence-corrected chi connectivity index (χ1v) is 7.37. The minimum atomic E-state index is -1.43. The molecular formula is C16H22N2O3. The third-order valence-electron chi connectivity index (χ3n) is 4.21. The summed E-state index contributed by atoms with van der Waals surface area (Å²) in [4.78, 5) is 23.5. The van der Waals surface area contributed by atoms with Gasteiger partial charge in [0.25, 0.3) is 0 Å². The van der Waals surface area contributed by atoms with Gasteiger partial charge in [-0.3, -0.25) is 0 Å². The third kappa shape index (κ3) is 3.74. The quantitative estimate of drug-likeness (QED) is 0.753. The van der Waals surface area contributed by atoms with Gasteiger partial charge in [0.1, 0.15) is 0 Å². The van der Waals surface area contributed by atoms with Crippen LogP contribution in [-0.4, -0.2) is 23.7 Å². The summed E-state index contributed by atoms with van der Waals surface area (Å²) >= 11 is 0. The van der Waals surface area contributed by atoms with Gasteiger partial charge in [0.05, 0.1) is 0 Å². The molecule has 21 heavy (non-hydrogen) atoms. The fraction of sp³-hybridized carbons (Fsp3) is 0.500. The molecule has 2 rings (SSSR count). The van der Waals surface area contributed by atoms with E-state index in [9.17, 15) is 14.7 Å². The topological polar surface area (TPSA) is 78.4 Å². The van der Waals surface area contributed by atoms with Crippen LogP contribution in [0.1, 0.15) is 38.2 Å². The highest BCUT2D eigenvalue weighted by molar-refractivity contribution is 5.87. The van der Waals surface area contributed by atoms with E-state index < -0.39 is 17.5 Å². The Labute approximate surface area is 124 Å². The number of carbonyl (C=O) groups is 2. The Balaban J connectivity index is 1.92. The first-order chi connectivity index (χ1) is 10.0. The number of aliphatic carboxylic acids is 1. The smallest absolute Gasteiger partial charge is 0.333 e. The van der Waals surface area contributed by atoms with Gasteiger partial charge in [0, 0.05) is 6.54 Å². The third-order valence-corrected chi connectivity index (χ3v) is 4.21. The van der Waals surface area contributed by atoms with Crippen LogP contribution in [0.25, 0.3) is 0 Å². The van der Waals surface area contributed by atoms with Crippen LogP contribution in [0, 0.1) is 5.92 Å². The molecule has 114 valence electrons. The van der Waals surface area contributed by atoms with E-state index >= 15 is 0 Å². The number of rotatable bonds is 6. The van der Waals surface area contributed by atoms with Crippen LogP contribution in [0.5, 0.6) is 0 Å². The molecule has 2 amide bonds. The van der Waals surface area contributed by atoms with Gasteiger partial charge < -0.3 is 15.7 Å². The van der Waals surface area contributed by atoms with E-state index in [1.54, 1.807) is 24.3 Å². The Kier molecular flexibility index (Phi) is 4.83. The molecule has 0 aromatic heterocycles. The van der Waals surface area contributed by atoms with Crippen molar-refractivity contribution in [2.24, 2.45) is 5.92 Å². The second-order valence-electron chi connectivity index (χ2n) is 5.76. The van der Waals surface area contributed by atoms with E-state index in [1.165, 1.54) is 26.2 Å². The summed E-state index contributed by atoms with van der Waals surface area (Å²) in [6.07, 6.45) is 4.71. The second kappa shape index (κ2) is 6.61. The van der Waals surface area contributed by atoms with Gasteiger partial charge in [-0.2, -0.15) is 0 Å². The number of benzene rings is 1. The molecule has 1 unspecified atom stereocenters. The molecule has 1 aliphatic carbocycles. The number of hydrogen-bond acceptors (Lipinski definition) is 2. The maximum absolute atomic E-state index is 11.9. The lowest BCUT2D eigenvalue weighted by atomic mass is 9.83. The van der Waals surface area contributed by atoms with Gasteiger partial charge in [0.2, 0.25) is 0 Å². The van der Waals surface area contributed by atoms with Crippen LogP contribution in [-0.2, 0) is 10.3 Å². The zero-order valence-corrected chi connectivity index (χ0v) is 12.3. The van der Waals surface area contributed by atoms with Crippen LogP contribution < -0.4 is 10.6 Å². The van der Waals surface area contributed by atoms with Crippen molar-refractivity contribution in [3.05, 3.63) is 35.9 Å². The normalized spacial score (nSPS) is 17.4. The lowest BCUT2D eigenvalue weighted by molar-refractivity contribution is -0.144. The molecule has 1 aromatic rings. The van der Waals surface area contributed by atoms with E-state index in [4.69, 9.17) is 0 Å². The summed E-state index contributed by atoms with van der Waals surface area (Å²) in [6, 6.07) is 8.28. The van der Waals surface area contributed by atoms with Crippen molar-refractivity contribution < 1.29 is 14.7 Å². The SMILES string of the molecule is CC(NC(=O)NCCC1CCC1)(C(=O)O)c1ccccc1. The Bertz CT molecular complexity index is 500. The molecule has 1 aliphatic rings. The molecule has 1 atom stereocenters. The van der Waals surface area contributed by atoms with Crippen molar-refractivity contribution in [1.82, 2.24) is 10.6 Å². The summed E-state index contributed by atoms with van der Waals surface area (Å²) in [7, 11) is 0. The Hall–Kier alpha value is -2.04. The zero-order valence-electron chi connectivity index (χ0n) is 12.3. The molecule has 0 aliphatic heterocycles. The van der Waals surface area contributed by atoms with E-state index in [1.807, 2.05) is 6.07 Å². The van der Waals surface area contributed by atoms with Crippen LogP contribution in [0.15, 0.2) is 30.3 Å². The zero-order chi connectivity index (χ0) is 15.3. The average Bonchev–Trinajstić information content (AvgIpc) is 2.42. The summed E-state index contributed by atoms with van der Waals surface area (Å²) in [6.45, 7) is 2.08. The van der Waals surface area contributed by atoms with E-state index in [-0.39, 0.29) is 0 Å². The predicted octanol–water partition coefficient (Wildman–Crippen LogP) is 2.48. The summed E-state index contributed by atoms with van der Waals surface area (Å²) in [5.74, 6) is -0.367. The molecule has 1 aromatic carbocycles. The van der Waals surface area contributed by atoms with Crippen molar-refractivity contribution in [3.8, 4) is 0 Å². The average molecular weight is 290 g/mol. The summed E-state index contributed by atoms with van der Waals surface area (Å²) in [5.41, 5.74) is -0.881. The number of carbonyl (C=O) groups excluding carboxylic acids is 1. The number of hydrogen-bond donors (Lipinski definition) is 3. The van der Waals surface area contributed by atoms with Gasteiger partial charge >= 0.3 is 12.0 Å². The maximum atomic E-state index is 11.9. The highest BCUT2D eigenvalue weighted by Crippen LogP contribution is 2.28. The molecule has 3 N–H and O–H groups in total. The number of urea groups is 1. The van der Waals surface area contributed by atoms with Gasteiger partial charge in [-0.15, -0.1) is 0 Å².